The van der Waals surface area contributed by atoms with Crippen LogP contribution in [0, 0.1) is 5.82 Å². The van der Waals surface area contributed by atoms with Crippen LogP contribution in [0.15, 0.2) is 88.7 Å². The predicted octanol–water partition coefficient (Wildman–Crippen LogP) is 4.77. The average molecular weight is 557 g/mol. The standard InChI is InChI=1S/C30H25FN4O6/c1-4-34-17-23(29(37)35(30(34)38)20-9-5-18(31)6-10-20)28(36)33-19-7-11-21(12-8-19)41-25-13-14-32-24-16-27(40-3)26(39-2)15-22(24)25/h5-17H,4H2,1-3H3,(H,33,36). The lowest BCUT2D eigenvalue weighted by molar-refractivity contribution is 0.102. The molecule has 0 radical (unpaired) electrons. The van der Waals surface area contributed by atoms with Crippen LogP contribution in [0.4, 0.5) is 10.1 Å². The van der Waals surface area contributed by atoms with E-state index in [1.165, 1.54) is 22.9 Å². The lowest BCUT2D eigenvalue weighted by Crippen LogP contribution is -2.42. The summed E-state index contributed by atoms with van der Waals surface area (Å²) < 4.78 is 32.3. The van der Waals surface area contributed by atoms with Crippen molar-refractivity contribution in [2.24, 2.45) is 0 Å². The van der Waals surface area contributed by atoms with Gasteiger partial charge in [-0.3, -0.25) is 19.1 Å². The van der Waals surface area contributed by atoms with E-state index in [1.807, 2.05) is 0 Å². The Morgan fingerprint density at radius 1 is 0.927 bits per heavy atom. The van der Waals surface area contributed by atoms with E-state index in [0.717, 1.165) is 16.7 Å². The van der Waals surface area contributed by atoms with Crippen LogP contribution in [0.2, 0.25) is 0 Å². The minimum Gasteiger partial charge on any atom is -0.493 e. The Morgan fingerprint density at radius 2 is 1.61 bits per heavy atom. The van der Waals surface area contributed by atoms with Gasteiger partial charge in [0.25, 0.3) is 11.5 Å². The summed E-state index contributed by atoms with van der Waals surface area (Å²) in [5.41, 5.74) is -0.496. The van der Waals surface area contributed by atoms with Crippen molar-refractivity contribution in [3.05, 3.63) is 111 Å². The van der Waals surface area contributed by atoms with E-state index >= 15 is 0 Å². The van der Waals surface area contributed by atoms with E-state index in [2.05, 4.69) is 10.3 Å². The van der Waals surface area contributed by atoms with E-state index in [0.29, 0.717) is 39.6 Å². The number of nitrogens with one attached hydrogen (secondary N) is 1. The van der Waals surface area contributed by atoms with Crippen LogP contribution in [0.25, 0.3) is 16.6 Å². The fourth-order valence-electron chi connectivity index (χ4n) is 4.27. The van der Waals surface area contributed by atoms with Crippen LogP contribution in [0.5, 0.6) is 23.0 Å². The number of hydrogen-bond acceptors (Lipinski definition) is 7. The molecule has 0 saturated carbocycles. The molecule has 2 heterocycles. The first-order valence-corrected chi connectivity index (χ1v) is 12.6. The number of aryl methyl sites for hydroxylation is 1. The summed E-state index contributed by atoms with van der Waals surface area (Å²) in [6.07, 6.45) is 2.84. The highest BCUT2D eigenvalue weighted by Crippen LogP contribution is 2.37. The first-order valence-electron chi connectivity index (χ1n) is 12.6. The molecule has 11 heteroatoms. The van der Waals surface area contributed by atoms with Crippen molar-refractivity contribution in [3.63, 3.8) is 0 Å². The monoisotopic (exact) mass is 556 g/mol. The number of aromatic nitrogens is 3. The number of benzene rings is 3. The molecule has 10 nitrogen and oxygen atoms in total. The molecule has 41 heavy (non-hydrogen) atoms. The molecule has 0 aliphatic heterocycles. The van der Waals surface area contributed by atoms with Gasteiger partial charge in [-0.25, -0.2) is 13.8 Å². The lowest BCUT2D eigenvalue weighted by atomic mass is 10.2. The maximum atomic E-state index is 13.4. The van der Waals surface area contributed by atoms with Crippen LogP contribution in [-0.4, -0.2) is 34.2 Å². The van der Waals surface area contributed by atoms with Gasteiger partial charge >= 0.3 is 5.69 Å². The summed E-state index contributed by atoms with van der Waals surface area (Å²) in [6.45, 7) is 1.93. The summed E-state index contributed by atoms with van der Waals surface area (Å²) in [4.78, 5) is 43.5. The smallest absolute Gasteiger partial charge is 0.335 e. The Morgan fingerprint density at radius 3 is 2.27 bits per heavy atom. The molecule has 0 aliphatic rings. The van der Waals surface area contributed by atoms with Crippen molar-refractivity contribution in [1.29, 1.82) is 0 Å². The summed E-state index contributed by atoms with van der Waals surface area (Å²) >= 11 is 0. The number of nitrogens with zero attached hydrogens (tertiary/aromatic N) is 3. The summed E-state index contributed by atoms with van der Waals surface area (Å²) in [5.74, 6) is 0.880. The van der Waals surface area contributed by atoms with Crippen molar-refractivity contribution in [2.75, 3.05) is 19.5 Å². The van der Waals surface area contributed by atoms with Crippen molar-refractivity contribution >= 4 is 22.5 Å². The molecule has 0 unspecified atom stereocenters. The highest BCUT2D eigenvalue weighted by Gasteiger charge is 2.19. The molecule has 1 N–H and O–H groups in total. The van der Waals surface area contributed by atoms with E-state index in [9.17, 15) is 18.8 Å². The second-order valence-corrected chi connectivity index (χ2v) is 8.84. The Bertz CT molecular complexity index is 1860. The van der Waals surface area contributed by atoms with Gasteiger partial charge < -0.3 is 19.5 Å². The highest BCUT2D eigenvalue weighted by atomic mass is 19.1. The molecule has 0 fully saturated rings. The van der Waals surface area contributed by atoms with E-state index in [4.69, 9.17) is 14.2 Å². The third-order valence-corrected chi connectivity index (χ3v) is 6.37. The average Bonchev–Trinajstić information content (AvgIpc) is 2.98. The zero-order valence-electron chi connectivity index (χ0n) is 22.4. The highest BCUT2D eigenvalue weighted by molar-refractivity contribution is 6.03. The number of fused-ring (bicyclic) bond motifs is 1. The fraction of sp³-hybridized carbons (Fsp3) is 0.133. The molecule has 208 valence electrons. The van der Waals surface area contributed by atoms with Gasteiger partial charge in [-0.05, 0) is 67.6 Å². The van der Waals surface area contributed by atoms with E-state index in [1.54, 1.807) is 69.8 Å². The van der Waals surface area contributed by atoms with Crippen molar-refractivity contribution in [1.82, 2.24) is 14.1 Å². The summed E-state index contributed by atoms with van der Waals surface area (Å²) in [7, 11) is 3.09. The number of anilines is 1. The van der Waals surface area contributed by atoms with Crippen LogP contribution < -0.4 is 30.8 Å². The molecule has 0 bridgehead atoms. The van der Waals surface area contributed by atoms with Gasteiger partial charge in [0.2, 0.25) is 0 Å². The Balaban J connectivity index is 1.40. The SMILES string of the molecule is CCn1cc(C(=O)Nc2ccc(Oc3ccnc4cc(OC)c(OC)cc34)cc2)c(=O)n(-c2ccc(F)cc2)c1=O. The number of rotatable bonds is 8. The number of carbonyl (C=O) groups is 1. The number of methoxy groups -OCH3 is 2. The molecule has 2 aromatic heterocycles. The van der Waals surface area contributed by atoms with Crippen LogP contribution in [0.3, 0.4) is 0 Å². The van der Waals surface area contributed by atoms with Crippen molar-refractivity contribution < 1.29 is 23.4 Å². The van der Waals surface area contributed by atoms with Crippen molar-refractivity contribution in [2.45, 2.75) is 13.5 Å². The van der Waals surface area contributed by atoms with Crippen LogP contribution in [-0.2, 0) is 6.54 Å². The third-order valence-electron chi connectivity index (χ3n) is 6.37. The Kier molecular flexibility index (Phi) is 7.51. The lowest BCUT2D eigenvalue weighted by Gasteiger charge is -2.13. The van der Waals surface area contributed by atoms with Gasteiger partial charge in [0.1, 0.15) is 22.9 Å². The minimum atomic E-state index is -0.819. The molecule has 0 atom stereocenters. The molecule has 1 amide bonds. The number of amides is 1. The number of pyridine rings is 1. The van der Waals surface area contributed by atoms with Gasteiger partial charge in [0.15, 0.2) is 11.5 Å². The molecule has 0 aliphatic carbocycles. The predicted molar refractivity (Wildman–Crippen MR) is 151 cm³/mol. The molecule has 5 rings (SSSR count). The molecular weight excluding hydrogens is 531 g/mol. The number of hydrogen-bond donors (Lipinski definition) is 1. The molecule has 0 saturated heterocycles. The van der Waals surface area contributed by atoms with Gasteiger partial charge in [0, 0.05) is 36.1 Å². The maximum Gasteiger partial charge on any atom is 0.335 e. The van der Waals surface area contributed by atoms with Gasteiger partial charge in [-0.1, -0.05) is 0 Å². The van der Waals surface area contributed by atoms with E-state index in [-0.39, 0.29) is 17.8 Å². The first-order chi connectivity index (χ1) is 19.8. The molecule has 0 spiro atoms. The number of halogens is 1. The first kappa shape index (κ1) is 27.1. The molecule has 5 aromatic rings. The van der Waals surface area contributed by atoms with Gasteiger partial charge in [-0.15, -0.1) is 0 Å². The van der Waals surface area contributed by atoms with Crippen LogP contribution in [0.1, 0.15) is 17.3 Å². The molecular formula is C30H25FN4O6. The normalized spacial score (nSPS) is 10.8. The minimum absolute atomic E-state index is 0.152. The molecule has 3 aromatic carbocycles. The third kappa shape index (κ3) is 5.37. The van der Waals surface area contributed by atoms with Gasteiger partial charge in [-0.2, -0.15) is 0 Å². The second kappa shape index (κ2) is 11.3. The maximum absolute atomic E-state index is 13.4. The van der Waals surface area contributed by atoms with Gasteiger partial charge in [0.05, 0.1) is 25.4 Å². The van der Waals surface area contributed by atoms with Crippen LogP contribution >= 0.6 is 0 Å². The Labute approximate surface area is 233 Å². The second-order valence-electron chi connectivity index (χ2n) is 8.84. The Hall–Kier alpha value is -5.45. The number of ether oxygens (including phenoxy) is 3. The quantitative estimate of drug-likeness (QED) is 0.293. The van der Waals surface area contributed by atoms with E-state index < -0.39 is 23.0 Å². The largest absolute Gasteiger partial charge is 0.493 e. The summed E-state index contributed by atoms with van der Waals surface area (Å²) in [5, 5.41) is 3.40. The van der Waals surface area contributed by atoms with Crippen molar-refractivity contribution in [3.8, 4) is 28.7 Å². The zero-order chi connectivity index (χ0) is 29.1. The topological polar surface area (TPSA) is 114 Å². The fourth-order valence-corrected chi connectivity index (χ4v) is 4.27. The zero-order valence-corrected chi connectivity index (χ0v) is 22.4. The number of carbonyl (C=O) groups excluding carboxylic acids is 1. The summed E-state index contributed by atoms with van der Waals surface area (Å²) in [6, 6.07) is 16.7.